The van der Waals surface area contributed by atoms with Gasteiger partial charge in [0.05, 0.1) is 12.7 Å². The Kier molecular flexibility index (Phi) is 5.51. The normalized spacial score (nSPS) is 10.1. The number of benzene rings is 1. The Morgan fingerprint density at radius 3 is 2.65 bits per heavy atom. The van der Waals surface area contributed by atoms with Gasteiger partial charge in [0.2, 0.25) is 0 Å². The van der Waals surface area contributed by atoms with Gasteiger partial charge in [0.25, 0.3) is 0 Å². The third-order valence-corrected chi connectivity index (χ3v) is 3.07. The lowest BCUT2D eigenvalue weighted by Crippen LogP contribution is -2.11. The third-order valence-electron chi connectivity index (χ3n) is 2.22. The number of carbonyl (C=O) groups excluding carboxylic acids is 2. The van der Waals surface area contributed by atoms with Gasteiger partial charge in [0, 0.05) is 22.8 Å². The number of carbonyl (C=O) groups is 2. The van der Waals surface area contributed by atoms with Crippen LogP contribution in [0, 0.1) is 0 Å². The Morgan fingerprint density at radius 1 is 1.35 bits per heavy atom. The number of rotatable bonds is 5. The zero-order valence-electron chi connectivity index (χ0n) is 9.66. The van der Waals surface area contributed by atoms with Crippen LogP contribution in [0.5, 0.6) is 0 Å². The molecule has 0 unspecified atom stereocenters. The quantitative estimate of drug-likeness (QED) is 0.610. The molecule has 1 aromatic rings. The Morgan fingerprint density at radius 2 is 2.06 bits per heavy atom. The average molecular weight is 273 g/mol. The van der Waals surface area contributed by atoms with Gasteiger partial charge in [-0.2, -0.15) is 11.8 Å². The summed E-state index contributed by atoms with van der Waals surface area (Å²) in [6, 6.07) is 4.62. The van der Waals surface area contributed by atoms with Crippen LogP contribution >= 0.6 is 23.4 Å². The molecule has 0 saturated heterocycles. The second-order valence-electron chi connectivity index (χ2n) is 3.35. The summed E-state index contributed by atoms with van der Waals surface area (Å²) in [4.78, 5) is 23.4. The molecule has 0 bridgehead atoms. The largest absolute Gasteiger partial charge is 0.465 e. The van der Waals surface area contributed by atoms with Crippen molar-refractivity contribution >= 4 is 35.1 Å². The summed E-state index contributed by atoms with van der Waals surface area (Å²) in [5.41, 5.74) is 0.599. The molecule has 0 heterocycles. The van der Waals surface area contributed by atoms with Crippen molar-refractivity contribution in [3.8, 4) is 0 Å². The number of thioether (sulfide) groups is 1. The fourth-order valence-electron chi connectivity index (χ4n) is 1.37. The molecule has 0 aliphatic heterocycles. The topological polar surface area (TPSA) is 43.4 Å². The minimum atomic E-state index is -0.542. The van der Waals surface area contributed by atoms with Crippen molar-refractivity contribution in [2.75, 3.05) is 19.1 Å². The standard InChI is InChI=1S/C12H13ClO3S/c1-16-12(15)10-7-8(13)3-4-9(10)11(14)5-6-17-2/h3-4,7H,5-6H2,1-2H3. The molecule has 0 N–H and O–H groups in total. The molecule has 0 spiro atoms. The van der Waals surface area contributed by atoms with Gasteiger partial charge in [0.1, 0.15) is 0 Å². The van der Waals surface area contributed by atoms with Crippen LogP contribution < -0.4 is 0 Å². The summed E-state index contributed by atoms with van der Waals surface area (Å²) in [5.74, 6) is 0.110. The van der Waals surface area contributed by atoms with Crippen LogP contribution in [0.2, 0.25) is 5.02 Å². The molecular weight excluding hydrogens is 260 g/mol. The summed E-state index contributed by atoms with van der Waals surface area (Å²) in [6.07, 6.45) is 2.32. The maximum atomic E-state index is 11.9. The first-order valence-corrected chi connectivity index (χ1v) is 6.77. The zero-order valence-corrected chi connectivity index (χ0v) is 11.2. The number of hydrogen-bond acceptors (Lipinski definition) is 4. The van der Waals surface area contributed by atoms with Gasteiger partial charge in [-0.15, -0.1) is 0 Å². The lowest BCUT2D eigenvalue weighted by molar-refractivity contribution is 0.0597. The van der Waals surface area contributed by atoms with E-state index < -0.39 is 5.97 Å². The third kappa shape index (κ3) is 3.75. The van der Waals surface area contributed by atoms with Crippen LogP contribution in [-0.2, 0) is 4.74 Å². The minimum absolute atomic E-state index is 0.0728. The van der Waals surface area contributed by atoms with E-state index in [0.29, 0.717) is 17.0 Å². The van der Waals surface area contributed by atoms with Gasteiger partial charge < -0.3 is 4.74 Å². The van der Waals surface area contributed by atoms with E-state index in [1.54, 1.807) is 23.9 Å². The summed E-state index contributed by atoms with van der Waals surface area (Å²) in [5, 5.41) is 0.409. The van der Waals surface area contributed by atoms with Crippen LogP contribution in [0.3, 0.4) is 0 Å². The second kappa shape index (κ2) is 6.67. The van der Waals surface area contributed by atoms with Crippen molar-refractivity contribution in [1.29, 1.82) is 0 Å². The van der Waals surface area contributed by atoms with Crippen LogP contribution in [-0.4, -0.2) is 30.9 Å². The summed E-state index contributed by atoms with van der Waals surface area (Å²) in [7, 11) is 1.28. The number of methoxy groups -OCH3 is 1. The first-order chi connectivity index (χ1) is 8.10. The number of Topliss-reactive ketones (excluding diaryl/α,β-unsaturated/α-hetero) is 1. The van der Waals surface area contributed by atoms with Gasteiger partial charge in [-0.1, -0.05) is 11.6 Å². The highest BCUT2D eigenvalue weighted by Gasteiger charge is 2.17. The molecule has 0 saturated carbocycles. The van der Waals surface area contributed by atoms with Gasteiger partial charge in [-0.3, -0.25) is 4.79 Å². The van der Waals surface area contributed by atoms with Crippen molar-refractivity contribution < 1.29 is 14.3 Å². The van der Waals surface area contributed by atoms with Crippen LogP contribution in [0.15, 0.2) is 18.2 Å². The van der Waals surface area contributed by atoms with Crippen LogP contribution in [0.1, 0.15) is 27.1 Å². The fourth-order valence-corrected chi connectivity index (χ4v) is 1.93. The summed E-state index contributed by atoms with van der Waals surface area (Å²) < 4.78 is 4.63. The monoisotopic (exact) mass is 272 g/mol. The molecule has 0 amide bonds. The molecule has 5 heteroatoms. The van der Waals surface area contributed by atoms with E-state index in [1.807, 2.05) is 6.26 Å². The molecule has 3 nitrogen and oxygen atoms in total. The summed E-state index contributed by atoms with van der Waals surface area (Å²) in [6.45, 7) is 0. The second-order valence-corrected chi connectivity index (χ2v) is 4.77. The fraction of sp³-hybridized carbons (Fsp3) is 0.333. The Labute approximate surface area is 109 Å². The molecule has 0 fully saturated rings. The van der Waals surface area contributed by atoms with E-state index in [9.17, 15) is 9.59 Å². The first-order valence-electron chi connectivity index (χ1n) is 5.00. The van der Waals surface area contributed by atoms with Crippen LogP contribution in [0.25, 0.3) is 0 Å². The van der Waals surface area contributed by atoms with E-state index in [-0.39, 0.29) is 11.3 Å². The molecule has 1 aromatic carbocycles. The minimum Gasteiger partial charge on any atom is -0.465 e. The highest BCUT2D eigenvalue weighted by Crippen LogP contribution is 2.19. The van der Waals surface area contributed by atoms with E-state index >= 15 is 0 Å². The smallest absolute Gasteiger partial charge is 0.338 e. The van der Waals surface area contributed by atoms with Gasteiger partial charge in [-0.05, 0) is 24.5 Å². The lowest BCUT2D eigenvalue weighted by Gasteiger charge is -2.07. The van der Waals surface area contributed by atoms with Crippen molar-refractivity contribution in [2.45, 2.75) is 6.42 Å². The van der Waals surface area contributed by atoms with Crippen molar-refractivity contribution in [3.05, 3.63) is 34.3 Å². The molecule has 1 rings (SSSR count). The van der Waals surface area contributed by atoms with Crippen molar-refractivity contribution in [3.63, 3.8) is 0 Å². The van der Waals surface area contributed by atoms with Crippen LogP contribution in [0.4, 0.5) is 0 Å². The molecule has 92 valence electrons. The molecule has 0 atom stereocenters. The SMILES string of the molecule is COC(=O)c1cc(Cl)ccc1C(=O)CCSC. The molecular formula is C12H13ClO3S. The summed E-state index contributed by atoms with van der Waals surface area (Å²) >= 11 is 7.39. The highest BCUT2D eigenvalue weighted by molar-refractivity contribution is 7.98. The number of halogens is 1. The van der Waals surface area contributed by atoms with E-state index in [4.69, 9.17) is 11.6 Å². The van der Waals surface area contributed by atoms with Crippen molar-refractivity contribution in [2.24, 2.45) is 0 Å². The van der Waals surface area contributed by atoms with Gasteiger partial charge in [0.15, 0.2) is 5.78 Å². The maximum absolute atomic E-state index is 11.9. The predicted molar refractivity (Wildman–Crippen MR) is 70.1 cm³/mol. The number of esters is 1. The number of ketones is 1. The van der Waals surface area contributed by atoms with E-state index in [2.05, 4.69) is 4.74 Å². The molecule has 0 aromatic heterocycles. The zero-order chi connectivity index (χ0) is 12.8. The van der Waals surface area contributed by atoms with E-state index in [1.165, 1.54) is 13.2 Å². The molecule has 0 aliphatic rings. The Bertz CT molecular complexity index is 432. The molecule has 0 radical (unpaired) electrons. The maximum Gasteiger partial charge on any atom is 0.338 e. The Balaban J connectivity index is 3.05. The molecule has 0 aliphatic carbocycles. The average Bonchev–Trinajstić information content (AvgIpc) is 2.34. The lowest BCUT2D eigenvalue weighted by atomic mass is 10.0. The van der Waals surface area contributed by atoms with Crippen molar-refractivity contribution in [1.82, 2.24) is 0 Å². The van der Waals surface area contributed by atoms with Gasteiger partial charge >= 0.3 is 5.97 Å². The Hall–Kier alpha value is -1.000. The van der Waals surface area contributed by atoms with Gasteiger partial charge in [-0.25, -0.2) is 4.79 Å². The first kappa shape index (κ1) is 14.1. The van der Waals surface area contributed by atoms with E-state index in [0.717, 1.165) is 5.75 Å². The predicted octanol–water partition coefficient (Wildman–Crippen LogP) is 3.06. The number of ether oxygens (including phenoxy) is 1. The molecule has 17 heavy (non-hydrogen) atoms. The highest BCUT2D eigenvalue weighted by atomic mass is 35.5. The number of hydrogen-bond donors (Lipinski definition) is 0.